The lowest BCUT2D eigenvalue weighted by molar-refractivity contribution is 0.0712. The molecule has 0 aliphatic carbocycles. The minimum absolute atomic E-state index is 0.00478. The summed E-state index contributed by atoms with van der Waals surface area (Å²) in [6.07, 6.45) is 5.46. The van der Waals surface area contributed by atoms with Gasteiger partial charge in [0.25, 0.3) is 5.91 Å². The fraction of sp³-hybridized carbons (Fsp3) is 0.375. The Labute approximate surface area is 134 Å². The maximum absolute atomic E-state index is 12.7. The number of amides is 1. The number of hydrogen-bond donors (Lipinski definition) is 2. The Bertz CT molecular complexity index is 648. The first-order valence-electron chi connectivity index (χ1n) is 7.44. The minimum atomic E-state index is 0.00478. The van der Waals surface area contributed by atoms with Gasteiger partial charge in [-0.2, -0.15) is 0 Å². The van der Waals surface area contributed by atoms with Gasteiger partial charge < -0.3 is 15.2 Å². The SMILES string of the molecule is CNc1ccc(Cl)c(C(=O)N2CCC(c3cnc[nH]3)CC2)c1. The Morgan fingerprint density at radius 1 is 1.41 bits per heavy atom. The molecule has 116 valence electrons. The van der Waals surface area contributed by atoms with Crippen molar-refractivity contribution in [2.75, 3.05) is 25.5 Å². The molecule has 0 saturated carbocycles. The summed E-state index contributed by atoms with van der Waals surface area (Å²) in [5, 5.41) is 3.54. The molecule has 1 saturated heterocycles. The molecular formula is C16H19ClN4O. The number of nitrogens with one attached hydrogen (secondary N) is 2. The van der Waals surface area contributed by atoms with Gasteiger partial charge in [0, 0.05) is 43.6 Å². The largest absolute Gasteiger partial charge is 0.388 e. The Morgan fingerprint density at radius 2 is 2.18 bits per heavy atom. The van der Waals surface area contributed by atoms with Crippen LogP contribution in [0.15, 0.2) is 30.7 Å². The van der Waals surface area contributed by atoms with Gasteiger partial charge in [-0.25, -0.2) is 4.98 Å². The zero-order chi connectivity index (χ0) is 15.5. The molecule has 0 bridgehead atoms. The van der Waals surface area contributed by atoms with E-state index >= 15 is 0 Å². The van der Waals surface area contributed by atoms with Crippen molar-refractivity contribution in [2.24, 2.45) is 0 Å². The summed E-state index contributed by atoms with van der Waals surface area (Å²) in [5.41, 5.74) is 2.61. The zero-order valence-corrected chi connectivity index (χ0v) is 13.2. The van der Waals surface area contributed by atoms with E-state index < -0.39 is 0 Å². The third-order valence-corrected chi connectivity index (χ3v) is 4.56. The molecule has 1 aromatic carbocycles. The number of imidazole rings is 1. The number of carbonyl (C=O) groups is 1. The summed E-state index contributed by atoms with van der Waals surface area (Å²) in [6, 6.07) is 5.44. The van der Waals surface area contributed by atoms with E-state index in [1.807, 2.05) is 30.3 Å². The summed E-state index contributed by atoms with van der Waals surface area (Å²) in [5.74, 6) is 0.454. The lowest BCUT2D eigenvalue weighted by Gasteiger charge is -2.31. The predicted octanol–water partition coefficient (Wildman–Crippen LogP) is 3.12. The number of piperidine rings is 1. The molecule has 0 spiro atoms. The lowest BCUT2D eigenvalue weighted by atomic mass is 9.93. The number of halogens is 1. The predicted molar refractivity (Wildman–Crippen MR) is 87.5 cm³/mol. The highest BCUT2D eigenvalue weighted by molar-refractivity contribution is 6.34. The van der Waals surface area contributed by atoms with Crippen LogP contribution in [0, 0.1) is 0 Å². The summed E-state index contributed by atoms with van der Waals surface area (Å²) >= 11 is 6.19. The van der Waals surface area contributed by atoms with Crippen LogP contribution in [-0.4, -0.2) is 40.9 Å². The van der Waals surface area contributed by atoms with Crippen LogP contribution in [0.1, 0.15) is 34.8 Å². The van der Waals surface area contributed by atoms with E-state index in [0.717, 1.165) is 37.3 Å². The number of aromatic nitrogens is 2. The fourth-order valence-electron chi connectivity index (χ4n) is 2.90. The molecule has 1 aliphatic heterocycles. The second-order valence-corrected chi connectivity index (χ2v) is 5.93. The number of nitrogens with zero attached hydrogens (tertiary/aromatic N) is 2. The van der Waals surface area contributed by atoms with E-state index in [9.17, 15) is 4.79 Å². The second kappa shape index (κ2) is 6.40. The van der Waals surface area contributed by atoms with Crippen molar-refractivity contribution < 1.29 is 4.79 Å². The average molecular weight is 319 g/mol. The molecule has 0 atom stereocenters. The minimum Gasteiger partial charge on any atom is -0.388 e. The highest BCUT2D eigenvalue weighted by Crippen LogP contribution is 2.28. The van der Waals surface area contributed by atoms with Gasteiger partial charge in [0.1, 0.15) is 0 Å². The molecule has 1 fully saturated rings. The Balaban J connectivity index is 1.69. The smallest absolute Gasteiger partial charge is 0.255 e. The van der Waals surface area contributed by atoms with Crippen LogP contribution >= 0.6 is 11.6 Å². The number of anilines is 1. The van der Waals surface area contributed by atoms with Crippen molar-refractivity contribution in [3.8, 4) is 0 Å². The van der Waals surface area contributed by atoms with Gasteiger partial charge in [0.2, 0.25) is 0 Å². The van der Waals surface area contributed by atoms with Crippen LogP contribution in [0.25, 0.3) is 0 Å². The van der Waals surface area contributed by atoms with E-state index in [2.05, 4.69) is 15.3 Å². The number of H-pyrrole nitrogens is 1. The van der Waals surface area contributed by atoms with Gasteiger partial charge >= 0.3 is 0 Å². The zero-order valence-electron chi connectivity index (χ0n) is 12.5. The van der Waals surface area contributed by atoms with Gasteiger partial charge in [0.05, 0.1) is 16.9 Å². The fourth-order valence-corrected chi connectivity index (χ4v) is 3.10. The van der Waals surface area contributed by atoms with Gasteiger partial charge in [-0.3, -0.25) is 4.79 Å². The van der Waals surface area contributed by atoms with Crippen LogP contribution < -0.4 is 5.32 Å². The van der Waals surface area contributed by atoms with Crippen molar-refractivity contribution >= 4 is 23.2 Å². The van der Waals surface area contributed by atoms with Crippen LogP contribution in [0.4, 0.5) is 5.69 Å². The molecule has 1 amide bonds. The van der Waals surface area contributed by atoms with Crippen molar-refractivity contribution in [1.29, 1.82) is 0 Å². The number of carbonyl (C=O) groups excluding carboxylic acids is 1. The third-order valence-electron chi connectivity index (χ3n) is 4.23. The summed E-state index contributed by atoms with van der Waals surface area (Å²) in [7, 11) is 1.83. The van der Waals surface area contributed by atoms with Crippen LogP contribution in [0.2, 0.25) is 5.02 Å². The highest BCUT2D eigenvalue weighted by atomic mass is 35.5. The summed E-state index contributed by atoms with van der Waals surface area (Å²) in [6.45, 7) is 1.48. The van der Waals surface area contributed by atoms with Crippen LogP contribution in [0.3, 0.4) is 0 Å². The topological polar surface area (TPSA) is 61.0 Å². The van der Waals surface area contributed by atoms with Gasteiger partial charge in [0.15, 0.2) is 0 Å². The van der Waals surface area contributed by atoms with E-state index in [4.69, 9.17) is 11.6 Å². The molecule has 6 heteroatoms. The van der Waals surface area contributed by atoms with Crippen molar-refractivity contribution in [1.82, 2.24) is 14.9 Å². The second-order valence-electron chi connectivity index (χ2n) is 5.52. The third kappa shape index (κ3) is 2.95. The number of likely N-dealkylation sites (tertiary alicyclic amines) is 1. The molecule has 3 rings (SSSR count). The Morgan fingerprint density at radius 3 is 2.82 bits per heavy atom. The first kappa shape index (κ1) is 14.9. The van der Waals surface area contributed by atoms with Crippen LogP contribution in [-0.2, 0) is 0 Å². The normalized spacial score (nSPS) is 15.8. The summed E-state index contributed by atoms with van der Waals surface area (Å²) < 4.78 is 0. The molecule has 2 aromatic rings. The van der Waals surface area contributed by atoms with Crippen molar-refractivity contribution in [3.63, 3.8) is 0 Å². The van der Waals surface area contributed by atoms with Gasteiger partial charge in [-0.05, 0) is 31.0 Å². The maximum Gasteiger partial charge on any atom is 0.255 e. The van der Waals surface area contributed by atoms with E-state index in [1.165, 1.54) is 0 Å². The van der Waals surface area contributed by atoms with E-state index in [0.29, 0.717) is 16.5 Å². The highest BCUT2D eigenvalue weighted by Gasteiger charge is 2.26. The number of benzene rings is 1. The molecule has 2 N–H and O–H groups in total. The molecule has 5 nitrogen and oxygen atoms in total. The van der Waals surface area contributed by atoms with Gasteiger partial charge in [-0.1, -0.05) is 11.6 Å². The van der Waals surface area contributed by atoms with E-state index in [-0.39, 0.29) is 5.91 Å². The van der Waals surface area contributed by atoms with Gasteiger partial charge in [-0.15, -0.1) is 0 Å². The number of rotatable bonds is 3. The molecule has 1 aliphatic rings. The van der Waals surface area contributed by atoms with Crippen molar-refractivity contribution in [3.05, 3.63) is 47.0 Å². The first-order chi connectivity index (χ1) is 10.7. The molecule has 22 heavy (non-hydrogen) atoms. The quantitative estimate of drug-likeness (QED) is 0.914. The first-order valence-corrected chi connectivity index (χ1v) is 7.81. The monoisotopic (exact) mass is 318 g/mol. The standard InChI is InChI=1S/C16H19ClN4O/c1-18-12-2-3-14(17)13(8-12)16(22)21-6-4-11(5-7-21)15-9-19-10-20-15/h2-3,8-11,18H,4-7H2,1H3,(H,19,20). The number of hydrogen-bond acceptors (Lipinski definition) is 3. The molecular weight excluding hydrogens is 300 g/mol. The Hall–Kier alpha value is -2.01. The maximum atomic E-state index is 12.7. The molecule has 2 heterocycles. The molecule has 1 aromatic heterocycles. The summed E-state index contributed by atoms with van der Waals surface area (Å²) in [4.78, 5) is 21.8. The Kier molecular flexibility index (Phi) is 4.34. The molecule has 0 radical (unpaired) electrons. The van der Waals surface area contributed by atoms with Crippen LogP contribution in [0.5, 0.6) is 0 Å². The number of aromatic amines is 1. The molecule has 0 unspecified atom stereocenters. The lowest BCUT2D eigenvalue weighted by Crippen LogP contribution is -2.38. The van der Waals surface area contributed by atoms with Crippen molar-refractivity contribution in [2.45, 2.75) is 18.8 Å². The van der Waals surface area contributed by atoms with E-state index in [1.54, 1.807) is 12.4 Å². The average Bonchev–Trinajstić information content (AvgIpc) is 3.09.